The molecule has 1 aromatic carbocycles. The maximum Gasteiger partial charge on any atom is 0.260 e. The van der Waals surface area contributed by atoms with E-state index in [1.165, 1.54) is 0 Å². The molecule has 102 valence electrons. The Hall–Kier alpha value is -2.04. The van der Waals surface area contributed by atoms with E-state index in [0.29, 0.717) is 17.5 Å². The van der Waals surface area contributed by atoms with Gasteiger partial charge in [0, 0.05) is 13.1 Å². The molecule has 0 bridgehead atoms. The molecular formula is C14H18N2O3. The zero-order chi connectivity index (χ0) is 13.8. The van der Waals surface area contributed by atoms with Crippen LogP contribution in [0.1, 0.15) is 25.3 Å². The van der Waals surface area contributed by atoms with Gasteiger partial charge >= 0.3 is 0 Å². The van der Waals surface area contributed by atoms with Crippen molar-refractivity contribution in [2.45, 2.75) is 25.8 Å². The maximum absolute atomic E-state index is 11.8. The maximum atomic E-state index is 11.8. The van der Waals surface area contributed by atoms with Crippen molar-refractivity contribution in [3.05, 3.63) is 29.8 Å². The summed E-state index contributed by atoms with van der Waals surface area (Å²) in [7, 11) is 1.81. The van der Waals surface area contributed by atoms with Crippen molar-refractivity contribution in [1.82, 2.24) is 4.90 Å². The molecule has 5 nitrogen and oxygen atoms in total. The van der Waals surface area contributed by atoms with Crippen LogP contribution in [0.15, 0.2) is 29.4 Å². The zero-order valence-electron chi connectivity index (χ0n) is 11.2. The molecule has 2 rings (SSSR count). The number of ether oxygens (including phenoxy) is 1. The Balaban J connectivity index is 1.87. The Kier molecular flexibility index (Phi) is 4.04. The normalized spacial score (nSPS) is 15.2. The third-order valence-corrected chi connectivity index (χ3v) is 3.27. The number of likely N-dealkylation sites (N-methyl/N-ethyl adjacent to an activating group) is 1. The average Bonchev–Trinajstić information content (AvgIpc) is 3.28. The molecule has 1 aliphatic carbocycles. The fraction of sp³-hybridized carbons (Fsp3) is 0.429. The van der Waals surface area contributed by atoms with Crippen LogP contribution in [0.2, 0.25) is 0 Å². The predicted octanol–water partition coefficient (Wildman–Crippen LogP) is 1.88. The number of amides is 1. The minimum atomic E-state index is -0.000298. The highest BCUT2D eigenvalue weighted by Crippen LogP contribution is 2.25. The van der Waals surface area contributed by atoms with Gasteiger partial charge in [-0.3, -0.25) is 4.79 Å². The Morgan fingerprint density at radius 2 is 2.05 bits per heavy atom. The van der Waals surface area contributed by atoms with Gasteiger partial charge in [0.2, 0.25) is 0 Å². The molecule has 5 heteroatoms. The van der Waals surface area contributed by atoms with Gasteiger partial charge in [-0.2, -0.15) is 0 Å². The van der Waals surface area contributed by atoms with Crippen molar-refractivity contribution >= 4 is 11.6 Å². The molecule has 1 saturated carbocycles. The fourth-order valence-corrected chi connectivity index (χ4v) is 1.76. The van der Waals surface area contributed by atoms with Crippen LogP contribution in [0.25, 0.3) is 0 Å². The zero-order valence-corrected chi connectivity index (χ0v) is 11.2. The van der Waals surface area contributed by atoms with Crippen molar-refractivity contribution < 1.29 is 14.7 Å². The van der Waals surface area contributed by atoms with Crippen LogP contribution in [0.5, 0.6) is 5.75 Å². The fourth-order valence-electron chi connectivity index (χ4n) is 1.76. The third kappa shape index (κ3) is 3.47. The molecule has 1 fully saturated rings. The Labute approximate surface area is 112 Å². The predicted molar refractivity (Wildman–Crippen MR) is 71.7 cm³/mol. The first-order valence-electron chi connectivity index (χ1n) is 6.29. The summed E-state index contributed by atoms with van der Waals surface area (Å²) in [4.78, 5) is 13.5. The lowest BCUT2D eigenvalue weighted by Crippen LogP contribution is -2.33. The standard InChI is InChI=1S/C14H18N2O3/c1-10(15-18)11-3-7-13(8-4-11)19-9-14(17)16(2)12-5-6-12/h3-4,7-8,12,18H,5-6,9H2,1-2H3. The van der Waals surface area contributed by atoms with Gasteiger partial charge in [-0.25, -0.2) is 0 Å². The van der Waals surface area contributed by atoms with Crippen molar-refractivity contribution in [2.75, 3.05) is 13.7 Å². The monoisotopic (exact) mass is 262 g/mol. The molecule has 0 aliphatic heterocycles. The summed E-state index contributed by atoms with van der Waals surface area (Å²) in [5, 5.41) is 11.8. The van der Waals surface area contributed by atoms with E-state index >= 15 is 0 Å². The molecular weight excluding hydrogens is 244 g/mol. The van der Waals surface area contributed by atoms with Crippen molar-refractivity contribution in [3.63, 3.8) is 0 Å². The number of oxime groups is 1. The molecule has 0 spiro atoms. The van der Waals surface area contributed by atoms with E-state index in [4.69, 9.17) is 9.94 Å². The second-order valence-corrected chi connectivity index (χ2v) is 4.73. The molecule has 1 N–H and O–H groups in total. The van der Waals surface area contributed by atoms with Gasteiger partial charge in [-0.1, -0.05) is 5.16 Å². The number of hydrogen-bond donors (Lipinski definition) is 1. The summed E-state index contributed by atoms with van der Waals surface area (Å²) in [5.74, 6) is 0.631. The van der Waals surface area contributed by atoms with E-state index in [2.05, 4.69) is 5.16 Å². The molecule has 1 aliphatic rings. The lowest BCUT2D eigenvalue weighted by Gasteiger charge is -2.16. The molecule has 0 aromatic heterocycles. The number of carbonyl (C=O) groups is 1. The number of carbonyl (C=O) groups excluding carboxylic acids is 1. The molecule has 1 amide bonds. The quantitative estimate of drug-likeness (QED) is 0.500. The van der Waals surface area contributed by atoms with E-state index < -0.39 is 0 Å². The molecule has 0 atom stereocenters. The molecule has 1 aromatic rings. The summed E-state index contributed by atoms with van der Waals surface area (Å²) < 4.78 is 5.44. The highest BCUT2D eigenvalue weighted by molar-refractivity contribution is 5.98. The Morgan fingerprint density at radius 3 is 2.58 bits per heavy atom. The summed E-state index contributed by atoms with van der Waals surface area (Å²) in [6, 6.07) is 7.50. The van der Waals surface area contributed by atoms with Crippen molar-refractivity contribution in [1.29, 1.82) is 0 Å². The van der Waals surface area contributed by atoms with Crippen LogP contribution in [-0.4, -0.2) is 41.4 Å². The summed E-state index contributed by atoms with van der Waals surface area (Å²) in [6.45, 7) is 1.77. The van der Waals surface area contributed by atoms with E-state index in [1.54, 1.807) is 36.1 Å². The number of rotatable bonds is 5. The average molecular weight is 262 g/mol. The van der Waals surface area contributed by atoms with Gasteiger partial charge in [-0.15, -0.1) is 0 Å². The molecule has 0 unspecified atom stereocenters. The largest absolute Gasteiger partial charge is 0.484 e. The van der Waals surface area contributed by atoms with Gasteiger partial charge < -0.3 is 14.8 Å². The van der Waals surface area contributed by atoms with Crippen LogP contribution in [-0.2, 0) is 4.79 Å². The van der Waals surface area contributed by atoms with Crippen molar-refractivity contribution in [2.24, 2.45) is 5.16 Å². The first kappa shape index (κ1) is 13.4. The van der Waals surface area contributed by atoms with Crippen LogP contribution in [0.4, 0.5) is 0 Å². The van der Waals surface area contributed by atoms with Gasteiger partial charge in [0.15, 0.2) is 6.61 Å². The second kappa shape index (κ2) is 5.73. The lowest BCUT2D eigenvalue weighted by molar-refractivity contribution is -0.132. The summed E-state index contributed by atoms with van der Waals surface area (Å²) in [5.41, 5.74) is 1.35. The molecule has 19 heavy (non-hydrogen) atoms. The molecule has 0 heterocycles. The van der Waals surface area contributed by atoms with Gasteiger partial charge in [-0.05, 0) is 49.6 Å². The molecule has 0 radical (unpaired) electrons. The third-order valence-electron chi connectivity index (χ3n) is 3.27. The summed E-state index contributed by atoms with van der Waals surface area (Å²) >= 11 is 0. The second-order valence-electron chi connectivity index (χ2n) is 4.73. The van der Waals surface area contributed by atoms with E-state index in [0.717, 1.165) is 18.4 Å². The van der Waals surface area contributed by atoms with Gasteiger partial charge in [0.25, 0.3) is 5.91 Å². The first-order valence-corrected chi connectivity index (χ1v) is 6.29. The van der Waals surface area contributed by atoms with Gasteiger partial charge in [0.1, 0.15) is 5.75 Å². The highest BCUT2D eigenvalue weighted by atomic mass is 16.5. The van der Waals surface area contributed by atoms with Crippen LogP contribution in [0.3, 0.4) is 0 Å². The lowest BCUT2D eigenvalue weighted by atomic mass is 10.1. The minimum Gasteiger partial charge on any atom is -0.484 e. The van der Waals surface area contributed by atoms with Crippen LogP contribution in [0, 0.1) is 0 Å². The van der Waals surface area contributed by atoms with Crippen LogP contribution < -0.4 is 4.74 Å². The van der Waals surface area contributed by atoms with Crippen LogP contribution >= 0.6 is 0 Å². The van der Waals surface area contributed by atoms with Gasteiger partial charge in [0.05, 0.1) is 5.71 Å². The number of hydrogen-bond acceptors (Lipinski definition) is 4. The van der Waals surface area contributed by atoms with E-state index in [1.807, 2.05) is 7.05 Å². The Morgan fingerprint density at radius 1 is 1.42 bits per heavy atom. The highest BCUT2D eigenvalue weighted by Gasteiger charge is 2.29. The van der Waals surface area contributed by atoms with E-state index in [-0.39, 0.29) is 12.5 Å². The number of benzene rings is 1. The van der Waals surface area contributed by atoms with Crippen molar-refractivity contribution in [3.8, 4) is 5.75 Å². The SMILES string of the molecule is CC(=NO)c1ccc(OCC(=O)N(C)C2CC2)cc1. The summed E-state index contributed by atoms with van der Waals surface area (Å²) in [6.07, 6.45) is 2.19. The minimum absolute atomic E-state index is 0.000298. The van der Waals surface area contributed by atoms with E-state index in [9.17, 15) is 4.79 Å². The topological polar surface area (TPSA) is 62.1 Å². The number of nitrogens with zero attached hydrogens (tertiary/aromatic N) is 2. The Bertz CT molecular complexity index is 478. The smallest absolute Gasteiger partial charge is 0.260 e. The molecule has 0 saturated heterocycles. The first-order chi connectivity index (χ1) is 9.11.